The molecule has 0 aliphatic carbocycles. The summed E-state index contributed by atoms with van der Waals surface area (Å²) in [5, 5.41) is 2.54. The quantitative estimate of drug-likeness (QED) is 0.642. The van der Waals surface area contributed by atoms with Gasteiger partial charge >= 0.3 is 0 Å². The zero-order chi connectivity index (χ0) is 22.8. The van der Waals surface area contributed by atoms with Gasteiger partial charge in [-0.3, -0.25) is 9.59 Å². The molecule has 1 saturated heterocycles. The molecule has 168 valence electrons. The first-order valence-electron chi connectivity index (χ1n) is 10.7. The number of para-hydroxylation sites is 2. The number of carbonyl (C=O) groups excluding carboxylic acids is 2. The molecule has 1 aromatic heterocycles. The van der Waals surface area contributed by atoms with E-state index in [9.17, 15) is 18.4 Å². The van der Waals surface area contributed by atoms with Crippen molar-refractivity contribution in [2.75, 3.05) is 13.1 Å². The smallest absolute Gasteiger partial charge is 0.257 e. The molecular formula is C24H25F2N3O3. The van der Waals surface area contributed by atoms with Crippen molar-refractivity contribution in [2.45, 2.75) is 38.6 Å². The number of oxazole rings is 1. The Morgan fingerprint density at radius 2 is 1.84 bits per heavy atom. The fraction of sp³-hybridized carbons (Fsp3) is 0.375. The monoisotopic (exact) mass is 441 g/mol. The second-order valence-electron chi connectivity index (χ2n) is 8.44. The first-order chi connectivity index (χ1) is 15.3. The van der Waals surface area contributed by atoms with Gasteiger partial charge in [0.1, 0.15) is 28.8 Å². The normalized spacial score (nSPS) is 17.5. The van der Waals surface area contributed by atoms with Crippen LogP contribution in [0.15, 0.2) is 46.9 Å². The Morgan fingerprint density at radius 3 is 2.53 bits per heavy atom. The molecule has 1 aliphatic rings. The molecule has 1 aliphatic heterocycles. The number of benzene rings is 2. The Balaban J connectivity index is 1.50. The molecule has 2 atom stereocenters. The molecular weight excluding hydrogens is 416 g/mol. The zero-order valence-corrected chi connectivity index (χ0v) is 18.0. The molecule has 1 N–H and O–H groups in total. The lowest BCUT2D eigenvalue weighted by atomic mass is 9.95. The lowest BCUT2D eigenvalue weighted by molar-refractivity contribution is -0.135. The van der Waals surface area contributed by atoms with E-state index < -0.39 is 29.1 Å². The number of carbonyl (C=O) groups is 2. The summed E-state index contributed by atoms with van der Waals surface area (Å²) < 4.78 is 33.9. The van der Waals surface area contributed by atoms with Crippen LogP contribution in [0.5, 0.6) is 0 Å². The van der Waals surface area contributed by atoms with Gasteiger partial charge in [0.15, 0.2) is 11.5 Å². The van der Waals surface area contributed by atoms with Crippen LogP contribution in [-0.4, -0.2) is 40.8 Å². The van der Waals surface area contributed by atoms with E-state index in [1.165, 1.54) is 6.07 Å². The van der Waals surface area contributed by atoms with Gasteiger partial charge in [0.05, 0.1) is 5.92 Å². The van der Waals surface area contributed by atoms with Crippen LogP contribution in [0.2, 0.25) is 0 Å². The number of rotatable bonds is 5. The minimum absolute atomic E-state index is 0.0624. The summed E-state index contributed by atoms with van der Waals surface area (Å²) in [6, 6.07) is 9.79. The fourth-order valence-electron chi connectivity index (χ4n) is 4.08. The summed E-state index contributed by atoms with van der Waals surface area (Å²) in [5.41, 5.74) is 0.782. The molecule has 6 nitrogen and oxygen atoms in total. The molecule has 2 heterocycles. The SMILES string of the molecule is CC(C)[C@H](NC(=O)c1c(F)cccc1F)C(=O)N1CCCC(c2nc3ccccc3o2)C1. The summed E-state index contributed by atoms with van der Waals surface area (Å²) in [6.45, 7) is 4.49. The molecule has 0 bridgehead atoms. The minimum Gasteiger partial charge on any atom is -0.440 e. The lowest BCUT2D eigenvalue weighted by Gasteiger charge is -2.35. The standard InChI is InChI=1S/C24H25F2N3O3/c1-14(2)21(28-22(30)20-16(25)8-5-9-17(20)26)24(31)29-12-6-7-15(13-29)23-27-18-10-3-4-11-19(18)32-23/h3-5,8-11,14-15,21H,6-7,12-13H2,1-2H3,(H,28,30)/t15?,21-/m0/s1. The average Bonchev–Trinajstić information content (AvgIpc) is 3.21. The van der Waals surface area contributed by atoms with E-state index in [1.807, 2.05) is 24.3 Å². The lowest BCUT2D eigenvalue weighted by Crippen LogP contribution is -2.53. The van der Waals surface area contributed by atoms with Gasteiger partial charge in [-0.25, -0.2) is 13.8 Å². The van der Waals surface area contributed by atoms with E-state index in [2.05, 4.69) is 10.3 Å². The van der Waals surface area contributed by atoms with Crippen molar-refractivity contribution in [3.63, 3.8) is 0 Å². The van der Waals surface area contributed by atoms with Crippen molar-refractivity contribution in [2.24, 2.45) is 5.92 Å². The largest absolute Gasteiger partial charge is 0.440 e. The fourth-order valence-corrected chi connectivity index (χ4v) is 4.08. The van der Waals surface area contributed by atoms with Gasteiger partial charge in [-0.05, 0) is 43.0 Å². The van der Waals surface area contributed by atoms with Gasteiger partial charge in [0, 0.05) is 13.1 Å². The maximum atomic E-state index is 14.0. The maximum Gasteiger partial charge on any atom is 0.257 e. The summed E-state index contributed by atoms with van der Waals surface area (Å²) in [5.74, 6) is -2.91. The van der Waals surface area contributed by atoms with Gasteiger partial charge < -0.3 is 14.6 Å². The highest BCUT2D eigenvalue weighted by molar-refractivity contribution is 5.98. The number of hydrogen-bond donors (Lipinski definition) is 1. The third-order valence-corrected chi connectivity index (χ3v) is 5.80. The number of nitrogens with one attached hydrogen (secondary N) is 1. The zero-order valence-electron chi connectivity index (χ0n) is 18.0. The third-order valence-electron chi connectivity index (χ3n) is 5.80. The number of fused-ring (bicyclic) bond motifs is 1. The van der Waals surface area contributed by atoms with Crippen LogP contribution in [0.3, 0.4) is 0 Å². The van der Waals surface area contributed by atoms with Gasteiger partial charge in [-0.15, -0.1) is 0 Å². The molecule has 4 rings (SSSR count). The van der Waals surface area contributed by atoms with Crippen molar-refractivity contribution >= 4 is 22.9 Å². The highest BCUT2D eigenvalue weighted by atomic mass is 19.1. The number of amides is 2. The van der Waals surface area contributed by atoms with Crippen LogP contribution in [-0.2, 0) is 4.79 Å². The number of nitrogens with zero attached hydrogens (tertiary/aromatic N) is 2. The van der Waals surface area contributed by atoms with E-state index in [0.717, 1.165) is 30.5 Å². The molecule has 1 unspecified atom stereocenters. The Morgan fingerprint density at radius 1 is 1.12 bits per heavy atom. The molecule has 0 radical (unpaired) electrons. The maximum absolute atomic E-state index is 14.0. The van der Waals surface area contributed by atoms with Crippen LogP contribution >= 0.6 is 0 Å². The number of halogens is 2. The van der Waals surface area contributed by atoms with Crippen LogP contribution in [0.4, 0.5) is 8.78 Å². The molecule has 2 amide bonds. The van der Waals surface area contributed by atoms with Gasteiger partial charge in [0.2, 0.25) is 5.91 Å². The van der Waals surface area contributed by atoms with Crippen LogP contribution in [0, 0.1) is 17.6 Å². The molecule has 0 spiro atoms. The Bertz CT molecular complexity index is 1090. The highest BCUT2D eigenvalue weighted by Crippen LogP contribution is 2.29. The third kappa shape index (κ3) is 4.35. The molecule has 0 saturated carbocycles. The van der Waals surface area contributed by atoms with Crippen molar-refractivity contribution in [1.82, 2.24) is 15.2 Å². The molecule has 8 heteroatoms. The summed E-state index contributed by atoms with van der Waals surface area (Å²) in [6.07, 6.45) is 1.59. The Kier molecular flexibility index (Phi) is 6.21. The number of piperidine rings is 1. The van der Waals surface area contributed by atoms with E-state index in [4.69, 9.17) is 4.42 Å². The van der Waals surface area contributed by atoms with E-state index in [0.29, 0.717) is 24.6 Å². The Labute approximate surface area is 184 Å². The van der Waals surface area contributed by atoms with E-state index in [1.54, 1.807) is 18.7 Å². The predicted octanol–water partition coefficient (Wildman–Crippen LogP) is 4.27. The van der Waals surface area contributed by atoms with Crippen molar-refractivity contribution in [3.8, 4) is 0 Å². The molecule has 2 aromatic carbocycles. The van der Waals surface area contributed by atoms with Crippen molar-refractivity contribution in [3.05, 3.63) is 65.6 Å². The molecule has 3 aromatic rings. The van der Waals surface area contributed by atoms with Crippen molar-refractivity contribution in [1.29, 1.82) is 0 Å². The highest BCUT2D eigenvalue weighted by Gasteiger charge is 2.34. The van der Waals surface area contributed by atoms with Gasteiger partial charge in [0.25, 0.3) is 5.91 Å². The van der Waals surface area contributed by atoms with Crippen LogP contribution in [0.1, 0.15) is 48.9 Å². The summed E-state index contributed by atoms with van der Waals surface area (Å²) >= 11 is 0. The van der Waals surface area contributed by atoms with Crippen LogP contribution in [0.25, 0.3) is 11.1 Å². The topological polar surface area (TPSA) is 75.4 Å². The number of hydrogen-bond acceptors (Lipinski definition) is 4. The number of likely N-dealkylation sites (tertiary alicyclic amines) is 1. The van der Waals surface area contributed by atoms with E-state index in [-0.39, 0.29) is 17.7 Å². The molecule has 1 fully saturated rings. The van der Waals surface area contributed by atoms with Gasteiger partial charge in [-0.1, -0.05) is 32.0 Å². The second kappa shape index (κ2) is 9.06. The number of aromatic nitrogens is 1. The first-order valence-corrected chi connectivity index (χ1v) is 10.7. The Hall–Kier alpha value is -3.29. The van der Waals surface area contributed by atoms with E-state index >= 15 is 0 Å². The molecule has 32 heavy (non-hydrogen) atoms. The minimum atomic E-state index is -0.966. The average molecular weight is 441 g/mol. The summed E-state index contributed by atoms with van der Waals surface area (Å²) in [7, 11) is 0. The van der Waals surface area contributed by atoms with Crippen molar-refractivity contribution < 1.29 is 22.8 Å². The first kappa shape index (κ1) is 21.9. The second-order valence-corrected chi connectivity index (χ2v) is 8.44. The predicted molar refractivity (Wildman–Crippen MR) is 115 cm³/mol. The van der Waals surface area contributed by atoms with Gasteiger partial charge in [-0.2, -0.15) is 0 Å². The summed E-state index contributed by atoms with van der Waals surface area (Å²) in [4.78, 5) is 32.1. The van der Waals surface area contributed by atoms with Crippen LogP contribution < -0.4 is 5.32 Å².